The van der Waals surface area contributed by atoms with Gasteiger partial charge in [-0.1, -0.05) is 0 Å². The van der Waals surface area contributed by atoms with Crippen molar-refractivity contribution in [2.75, 3.05) is 11.5 Å². The molecular formula is C7H11NO4S. The Morgan fingerprint density at radius 3 is 2.46 bits per heavy atom. The third-order valence-electron chi connectivity index (χ3n) is 1.52. The highest BCUT2D eigenvalue weighted by atomic mass is 32.2. The van der Waals surface area contributed by atoms with Crippen LogP contribution in [0.4, 0.5) is 0 Å². The molecule has 0 bridgehead atoms. The molecule has 1 unspecified atom stereocenters. The van der Waals surface area contributed by atoms with E-state index in [0.29, 0.717) is 0 Å². The molecule has 0 aromatic carbocycles. The zero-order valence-electron chi connectivity index (χ0n) is 6.99. The number of amides is 1. The number of carboxylic acid groups (broad SMARTS) is 1. The van der Waals surface area contributed by atoms with Crippen LogP contribution in [0.3, 0.4) is 0 Å². The van der Waals surface area contributed by atoms with Gasteiger partial charge < -0.3 is 10.4 Å². The summed E-state index contributed by atoms with van der Waals surface area (Å²) in [4.78, 5) is 21.1. The third kappa shape index (κ3) is 4.62. The lowest BCUT2D eigenvalue weighted by Gasteiger charge is -2.01. The van der Waals surface area contributed by atoms with E-state index in [0.717, 1.165) is 12.8 Å². The second-order valence-electron chi connectivity index (χ2n) is 2.96. The molecule has 0 saturated heterocycles. The van der Waals surface area contributed by atoms with E-state index in [1.165, 1.54) is 0 Å². The van der Waals surface area contributed by atoms with Crippen molar-refractivity contribution in [2.45, 2.75) is 18.9 Å². The van der Waals surface area contributed by atoms with Crippen LogP contribution in [-0.4, -0.2) is 38.7 Å². The summed E-state index contributed by atoms with van der Waals surface area (Å²) in [6, 6.07) is 0.231. The van der Waals surface area contributed by atoms with Gasteiger partial charge in [0.15, 0.2) is 0 Å². The second kappa shape index (κ2) is 4.36. The quantitative estimate of drug-likeness (QED) is 0.609. The number of carbonyl (C=O) groups is 2. The van der Waals surface area contributed by atoms with E-state index in [1.54, 1.807) is 0 Å². The van der Waals surface area contributed by atoms with Gasteiger partial charge in [0.1, 0.15) is 11.5 Å². The normalized spacial score (nSPS) is 17.8. The summed E-state index contributed by atoms with van der Waals surface area (Å²) in [6.07, 6.45) is 1.94. The fraction of sp³-hybridized carbons (Fsp3) is 0.714. The maximum Gasteiger partial charge on any atom is 0.316 e. The van der Waals surface area contributed by atoms with Crippen molar-refractivity contribution in [1.82, 2.24) is 5.32 Å². The van der Waals surface area contributed by atoms with E-state index in [1.807, 2.05) is 0 Å². The standard InChI is InChI=1S/C7H11NO4S/c9-6(8-5-1-2-5)3-13(12)4-7(10)11/h5H,1-4H2,(H,8,9)(H,10,11). The van der Waals surface area contributed by atoms with Crippen molar-refractivity contribution in [1.29, 1.82) is 0 Å². The van der Waals surface area contributed by atoms with Crippen LogP contribution in [-0.2, 0) is 20.4 Å². The molecule has 5 nitrogen and oxygen atoms in total. The topological polar surface area (TPSA) is 83.5 Å². The lowest BCUT2D eigenvalue weighted by Crippen LogP contribution is -2.31. The number of aliphatic carboxylic acids is 1. The molecule has 1 fully saturated rings. The molecule has 6 heteroatoms. The van der Waals surface area contributed by atoms with E-state index in [4.69, 9.17) is 5.11 Å². The first kappa shape index (κ1) is 10.2. The minimum Gasteiger partial charge on any atom is -0.481 e. The van der Waals surface area contributed by atoms with Gasteiger partial charge >= 0.3 is 5.97 Å². The van der Waals surface area contributed by atoms with Crippen molar-refractivity contribution in [3.05, 3.63) is 0 Å². The molecule has 0 aliphatic heterocycles. The lowest BCUT2D eigenvalue weighted by atomic mass is 10.6. The highest BCUT2D eigenvalue weighted by Crippen LogP contribution is 2.18. The molecule has 0 heterocycles. The second-order valence-corrected chi connectivity index (χ2v) is 4.42. The monoisotopic (exact) mass is 205 g/mol. The van der Waals surface area contributed by atoms with Gasteiger partial charge in [-0.05, 0) is 12.8 Å². The number of rotatable bonds is 5. The molecule has 1 atom stereocenters. The Labute approximate surface area is 78.0 Å². The number of nitrogens with one attached hydrogen (secondary N) is 1. The molecular weight excluding hydrogens is 194 g/mol. The number of hydrogen-bond acceptors (Lipinski definition) is 3. The van der Waals surface area contributed by atoms with Crippen LogP contribution in [0.1, 0.15) is 12.8 Å². The highest BCUT2D eigenvalue weighted by molar-refractivity contribution is 7.86. The summed E-state index contributed by atoms with van der Waals surface area (Å²) in [5, 5.41) is 10.9. The number of carbonyl (C=O) groups excluding carboxylic acids is 1. The molecule has 1 aliphatic carbocycles. The molecule has 0 aromatic rings. The Kier molecular flexibility index (Phi) is 3.41. The summed E-state index contributed by atoms with van der Waals surface area (Å²) in [5.74, 6) is -2.12. The summed E-state index contributed by atoms with van der Waals surface area (Å²) >= 11 is 0. The predicted octanol–water partition coefficient (Wildman–Crippen LogP) is -0.902. The van der Waals surface area contributed by atoms with Gasteiger partial charge in [0.25, 0.3) is 0 Å². The zero-order chi connectivity index (χ0) is 9.84. The molecule has 1 amide bonds. The van der Waals surface area contributed by atoms with Crippen LogP contribution in [0.25, 0.3) is 0 Å². The molecule has 0 radical (unpaired) electrons. The first-order valence-corrected chi connectivity index (χ1v) is 5.43. The fourth-order valence-electron chi connectivity index (χ4n) is 0.832. The maximum absolute atomic E-state index is 11.0. The smallest absolute Gasteiger partial charge is 0.316 e. The molecule has 1 aliphatic rings. The van der Waals surface area contributed by atoms with Crippen LogP contribution < -0.4 is 5.32 Å². The summed E-state index contributed by atoms with van der Waals surface area (Å²) in [5.41, 5.74) is 0. The lowest BCUT2D eigenvalue weighted by molar-refractivity contribution is -0.133. The van der Waals surface area contributed by atoms with Crippen LogP contribution in [0, 0.1) is 0 Å². The first-order valence-electron chi connectivity index (χ1n) is 3.94. The SMILES string of the molecule is O=C(O)CS(=O)CC(=O)NC1CC1. The average Bonchev–Trinajstić information content (AvgIpc) is 2.67. The Morgan fingerprint density at radius 1 is 1.38 bits per heavy atom. The molecule has 1 rings (SSSR count). The summed E-state index contributed by atoms with van der Waals surface area (Å²) in [6.45, 7) is 0. The molecule has 13 heavy (non-hydrogen) atoms. The minimum absolute atomic E-state index is 0.206. The molecule has 74 valence electrons. The van der Waals surface area contributed by atoms with Gasteiger partial charge in [0.05, 0.1) is 0 Å². The Morgan fingerprint density at radius 2 is 2.00 bits per heavy atom. The van der Waals surface area contributed by atoms with Crippen LogP contribution in [0.5, 0.6) is 0 Å². The van der Waals surface area contributed by atoms with Gasteiger partial charge in [-0.3, -0.25) is 13.8 Å². The Bertz CT molecular complexity index is 249. The summed E-state index contributed by atoms with van der Waals surface area (Å²) in [7, 11) is -1.58. The van der Waals surface area contributed by atoms with Gasteiger partial charge in [-0.15, -0.1) is 0 Å². The molecule has 0 aromatic heterocycles. The minimum atomic E-state index is -1.58. The average molecular weight is 205 g/mol. The summed E-state index contributed by atoms with van der Waals surface area (Å²) < 4.78 is 10.9. The third-order valence-corrected chi connectivity index (χ3v) is 2.67. The van der Waals surface area contributed by atoms with Gasteiger partial charge in [0, 0.05) is 16.8 Å². The van der Waals surface area contributed by atoms with E-state index < -0.39 is 22.5 Å². The van der Waals surface area contributed by atoms with Gasteiger partial charge in [-0.2, -0.15) is 0 Å². The van der Waals surface area contributed by atoms with Crippen LogP contribution >= 0.6 is 0 Å². The van der Waals surface area contributed by atoms with Gasteiger partial charge in [0.2, 0.25) is 5.91 Å². The molecule has 1 saturated carbocycles. The number of hydrogen-bond donors (Lipinski definition) is 2. The highest BCUT2D eigenvalue weighted by Gasteiger charge is 2.24. The van der Waals surface area contributed by atoms with E-state index in [9.17, 15) is 13.8 Å². The predicted molar refractivity (Wildman–Crippen MR) is 46.7 cm³/mol. The van der Waals surface area contributed by atoms with E-state index in [-0.39, 0.29) is 17.7 Å². The van der Waals surface area contributed by atoms with Crippen molar-refractivity contribution < 1.29 is 18.9 Å². The molecule has 0 spiro atoms. The Balaban J connectivity index is 2.18. The van der Waals surface area contributed by atoms with E-state index >= 15 is 0 Å². The molecule has 2 N–H and O–H groups in total. The van der Waals surface area contributed by atoms with E-state index in [2.05, 4.69) is 5.32 Å². The van der Waals surface area contributed by atoms with Crippen LogP contribution in [0.2, 0.25) is 0 Å². The van der Waals surface area contributed by atoms with Crippen molar-refractivity contribution in [2.24, 2.45) is 0 Å². The van der Waals surface area contributed by atoms with Crippen molar-refractivity contribution in [3.63, 3.8) is 0 Å². The zero-order valence-corrected chi connectivity index (χ0v) is 7.80. The van der Waals surface area contributed by atoms with Crippen molar-refractivity contribution in [3.8, 4) is 0 Å². The Hall–Kier alpha value is -0.910. The largest absolute Gasteiger partial charge is 0.481 e. The van der Waals surface area contributed by atoms with Crippen molar-refractivity contribution >= 4 is 22.7 Å². The maximum atomic E-state index is 11.0. The van der Waals surface area contributed by atoms with Crippen LogP contribution in [0.15, 0.2) is 0 Å². The fourth-order valence-corrected chi connectivity index (χ4v) is 1.59. The van der Waals surface area contributed by atoms with Gasteiger partial charge in [-0.25, -0.2) is 0 Å². The first-order chi connectivity index (χ1) is 6.08. The number of carboxylic acids is 1.